The first-order valence-electron chi connectivity index (χ1n) is 8.36. The lowest BCUT2D eigenvalue weighted by atomic mass is 9.86. The van der Waals surface area contributed by atoms with Gasteiger partial charge in [0.15, 0.2) is 5.76 Å². The van der Waals surface area contributed by atoms with Crippen LogP contribution in [0.1, 0.15) is 52.8 Å². The molecule has 2 aliphatic heterocycles. The van der Waals surface area contributed by atoms with Crippen LogP contribution >= 0.6 is 0 Å². The van der Waals surface area contributed by atoms with Crippen LogP contribution in [0.5, 0.6) is 0 Å². The smallest absolute Gasteiger partial charge is 0.419 e. The summed E-state index contributed by atoms with van der Waals surface area (Å²) < 4.78 is 43.2. The third-order valence-corrected chi connectivity index (χ3v) is 5.02. The highest BCUT2D eigenvalue weighted by Crippen LogP contribution is 2.41. The van der Waals surface area contributed by atoms with Crippen LogP contribution in [0.25, 0.3) is 0 Å². The van der Waals surface area contributed by atoms with E-state index in [4.69, 9.17) is 4.42 Å². The van der Waals surface area contributed by atoms with E-state index in [1.807, 2.05) is 11.9 Å². The molecular formula is C17H17F3N4O2. The highest BCUT2D eigenvalue weighted by atomic mass is 19.4. The maximum atomic E-state index is 12.6. The number of ketones is 1. The third-order valence-electron chi connectivity index (χ3n) is 5.02. The summed E-state index contributed by atoms with van der Waals surface area (Å²) in [6.45, 7) is 1.81. The van der Waals surface area contributed by atoms with E-state index in [0.717, 1.165) is 30.8 Å². The Morgan fingerprint density at radius 2 is 2.04 bits per heavy atom. The predicted octanol–water partition coefficient (Wildman–Crippen LogP) is 3.06. The number of Topliss-reactive ketones (excluding diaryl/α,β-unsaturated/α-hetero) is 1. The zero-order valence-electron chi connectivity index (χ0n) is 14.0. The number of alkyl halides is 3. The number of rotatable bonds is 3. The SMILES string of the molecule is Cc1ccoc1C(=O)C1CC[C@H]2CC(c3ncc(C(F)(F)F)cn3)N2N1. The Morgan fingerprint density at radius 3 is 2.65 bits per heavy atom. The van der Waals surface area contributed by atoms with Crippen molar-refractivity contribution >= 4 is 5.78 Å². The molecule has 2 fully saturated rings. The Kier molecular flexibility index (Phi) is 4.07. The number of hydrogen-bond donors (Lipinski definition) is 1. The lowest BCUT2D eigenvalue weighted by Crippen LogP contribution is -2.65. The summed E-state index contributed by atoms with van der Waals surface area (Å²) in [4.78, 5) is 20.4. The van der Waals surface area contributed by atoms with Gasteiger partial charge in [-0.15, -0.1) is 0 Å². The molecule has 0 bridgehead atoms. The minimum absolute atomic E-state index is 0.120. The van der Waals surface area contributed by atoms with Gasteiger partial charge < -0.3 is 4.42 Å². The number of nitrogens with zero attached hydrogens (tertiary/aromatic N) is 3. The second-order valence-corrected chi connectivity index (χ2v) is 6.70. The first kappa shape index (κ1) is 17.2. The van der Waals surface area contributed by atoms with Gasteiger partial charge in [-0.2, -0.15) is 13.2 Å². The molecule has 4 rings (SSSR count). The zero-order valence-corrected chi connectivity index (χ0v) is 14.0. The van der Waals surface area contributed by atoms with Crippen LogP contribution in [0.3, 0.4) is 0 Å². The molecular weight excluding hydrogens is 349 g/mol. The molecule has 2 aromatic heterocycles. The van der Waals surface area contributed by atoms with Gasteiger partial charge in [0.1, 0.15) is 5.82 Å². The number of fused-ring (bicyclic) bond motifs is 1. The van der Waals surface area contributed by atoms with E-state index in [1.54, 1.807) is 6.07 Å². The highest BCUT2D eigenvalue weighted by molar-refractivity contribution is 5.98. The number of carbonyl (C=O) groups excluding carboxylic acids is 1. The number of hydrogen-bond acceptors (Lipinski definition) is 6. The van der Waals surface area contributed by atoms with Crippen LogP contribution in [-0.4, -0.2) is 32.8 Å². The topological polar surface area (TPSA) is 71.3 Å². The van der Waals surface area contributed by atoms with E-state index in [1.165, 1.54) is 6.26 Å². The van der Waals surface area contributed by atoms with Crippen LogP contribution < -0.4 is 5.43 Å². The third kappa shape index (κ3) is 2.90. The molecule has 2 saturated heterocycles. The van der Waals surface area contributed by atoms with Crippen molar-refractivity contribution in [2.75, 3.05) is 0 Å². The first-order valence-corrected chi connectivity index (χ1v) is 8.36. The standard InChI is InChI=1S/C17H17F3N4O2/c1-9-4-5-26-15(9)14(25)12-3-2-11-6-13(24(11)23-12)16-21-7-10(8-22-16)17(18,19)20/h4-5,7-8,11-13,23H,2-3,6H2,1H3/t11-,12?,13?/m0/s1. The molecule has 26 heavy (non-hydrogen) atoms. The minimum Gasteiger partial charge on any atom is -0.461 e. The summed E-state index contributed by atoms with van der Waals surface area (Å²) in [5, 5.41) is 1.88. The lowest BCUT2D eigenvalue weighted by molar-refractivity contribution is -0.138. The van der Waals surface area contributed by atoms with Gasteiger partial charge in [-0.3, -0.25) is 4.79 Å². The molecule has 2 aromatic rings. The minimum atomic E-state index is -4.46. The molecule has 0 radical (unpaired) electrons. The zero-order chi connectivity index (χ0) is 18.5. The molecule has 0 aromatic carbocycles. The van der Waals surface area contributed by atoms with Gasteiger partial charge in [0, 0.05) is 18.4 Å². The van der Waals surface area contributed by atoms with Gasteiger partial charge in [-0.1, -0.05) is 0 Å². The molecule has 6 nitrogen and oxygen atoms in total. The van der Waals surface area contributed by atoms with Gasteiger partial charge in [-0.05, 0) is 37.8 Å². The van der Waals surface area contributed by atoms with Gasteiger partial charge >= 0.3 is 6.18 Å². The van der Waals surface area contributed by atoms with Gasteiger partial charge in [0.25, 0.3) is 0 Å². The van der Waals surface area contributed by atoms with Crippen LogP contribution in [0.4, 0.5) is 13.2 Å². The van der Waals surface area contributed by atoms with Crippen molar-refractivity contribution in [1.82, 2.24) is 20.4 Å². The Morgan fingerprint density at radius 1 is 1.31 bits per heavy atom. The fraction of sp³-hybridized carbons (Fsp3) is 0.471. The average molecular weight is 366 g/mol. The van der Waals surface area contributed by atoms with Crippen molar-refractivity contribution in [2.24, 2.45) is 0 Å². The van der Waals surface area contributed by atoms with Crippen molar-refractivity contribution in [1.29, 1.82) is 0 Å². The number of hydrazine groups is 1. The number of carbonyl (C=O) groups is 1. The summed E-state index contributed by atoms with van der Waals surface area (Å²) >= 11 is 0. The Hall–Kier alpha value is -2.26. The van der Waals surface area contributed by atoms with E-state index in [0.29, 0.717) is 18.0 Å². The highest BCUT2D eigenvalue weighted by Gasteiger charge is 2.46. The van der Waals surface area contributed by atoms with Crippen LogP contribution in [-0.2, 0) is 6.18 Å². The fourth-order valence-electron chi connectivity index (χ4n) is 3.52. The molecule has 0 spiro atoms. The molecule has 0 aliphatic carbocycles. The summed E-state index contributed by atoms with van der Waals surface area (Å²) in [6.07, 6.45) is 0.877. The van der Waals surface area contributed by atoms with Crippen molar-refractivity contribution in [3.8, 4) is 0 Å². The van der Waals surface area contributed by atoms with E-state index in [2.05, 4.69) is 15.4 Å². The summed E-state index contributed by atoms with van der Waals surface area (Å²) in [5.41, 5.74) is 3.10. The molecule has 3 atom stereocenters. The molecule has 2 aliphatic rings. The molecule has 1 N–H and O–H groups in total. The Labute approximate surface area is 147 Å². The number of halogens is 3. The van der Waals surface area contributed by atoms with Gasteiger partial charge in [0.2, 0.25) is 5.78 Å². The maximum Gasteiger partial charge on any atom is 0.419 e. The number of nitrogens with one attached hydrogen (secondary N) is 1. The molecule has 138 valence electrons. The largest absolute Gasteiger partial charge is 0.461 e. The first-order chi connectivity index (χ1) is 12.3. The van der Waals surface area contributed by atoms with Crippen LogP contribution in [0, 0.1) is 6.92 Å². The molecule has 0 amide bonds. The number of aryl methyl sites for hydroxylation is 1. The monoisotopic (exact) mass is 366 g/mol. The fourth-order valence-corrected chi connectivity index (χ4v) is 3.52. The van der Waals surface area contributed by atoms with Crippen molar-refractivity contribution < 1.29 is 22.4 Å². The number of furan rings is 1. The summed E-state index contributed by atoms with van der Waals surface area (Å²) in [5.74, 6) is 0.540. The lowest BCUT2D eigenvalue weighted by Gasteiger charge is -2.52. The Balaban J connectivity index is 1.47. The van der Waals surface area contributed by atoms with E-state index < -0.39 is 17.8 Å². The van der Waals surface area contributed by atoms with Gasteiger partial charge in [-0.25, -0.2) is 20.4 Å². The quantitative estimate of drug-likeness (QED) is 0.842. The molecule has 0 saturated carbocycles. The van der Waals surface area contributed by atoms with Crippen molar-refractivity contribution in [3.05, 3.63) is 47.4 Å². The molecule has 4 heterocycles. The van der Waals surface area contributed by atoms with Crippen molar-refractivity contribution in [2.45, 2.75) is 50.5 Å². The van der Waals surface area contributed by atoms with E-state index >= 15 is 0 Å². The van der Waals surface area contributed by atoms with Gasteiger partial charge in [0.05, 0.1) is 23.9 Å². The summed E-state index contributed by atoms with van der Waals surface area (Å²) in [6, 6.07) is 1.30. The predicted molar refractivity (Wildman–Crippen MR) is 84.0 cm³/mol. The normalized spacial score (nSPS) is 26.2. The second-order valence-electron chi connectivity index (χ2n) is 6.70. The molecule has 9 heteroatoms. The van der Waals surface area contributed by atoms with E-state index in [-0.39, 0.29) is 17.9 Å². The molecule has 2 unspecified atom stereocenters. The van der Waals surface area contributed by atoms with E-state index in [9.17, 15) is 18.0 Å². The maximum absolute atomic E-state index is 12.6. The Bertz CT molecular complexity index is 818. The second kappa shape index (κ2) is 6.17. The summed E-state index contributed by atoms with van der Waals surface area (Å²) in [7, 11) is 0. The van der Waals surface area contributed by atoms with Crippen molar-refractivity contribution in [3.63, 3.8) is 0 Å². The average Bonchev–Trinajstić information content (AvgIpc) is 3.01. The van der Waals surface area contributed by atoms with Crippen LogP contribution in [0.2, 0.25) is 0 Å². The number of aromatic nitrogens is 2. The van der Waals surface area contributed by atoms with Crippen LogP contribution in [0.15, 0.2) is 29.1 Å².